The van der Waals surface area contributed by atoms with E-state index < -0.39 is 0 Å². The Labute approximate surface area is 130 Å². The fourth-order valence-electron chi connectivity index (χ4n) is 2.06. The van der Waals surface area contributed by atoms with E-state index >= 15 is 0 Å². The van der Waals surface area contributed by atoms with Crippen LogP contribution in [0.25, 0.3) is 12.2 Å². The molecule has 114 valence electrons. The number of rotatable bonds is 5. The molecule has 0 atom stereocenters. The van der Waals surface area contributed by atoms with Gasteiger partial charge >= 0.3 is 0 Å². The molecule has 0 saturated heterocycles. The van der Waals surface area contributed by atoms with Crippen LogP contribution in [0.2, 0.25) is 0 Å². The highest BCUT2D eigenvalue weighted by Crippen LogP contribution is 1.94. The Kier molecular flexibility index (Phi) is 7.02. The molecule has 0 unspecified atom stereocenters. The molecule has 4 nitrogen and oxygen atoms in total. The van der Waals surface area contributed by atoms with Gasteiger partial charge in [-0.15, -0.1) is 0 Å². The van der Waals surface area contributed by atoms with Gasteiger partial charge < -0.3 is 4.98 Å². The molecule has 0 fully saturated rings. The average Bonchev–Trinajstić information content (AvgIpc) is 2.49. The summed E-state index contributed by atoms with van der Waals surface area (Å²) < 4.78 is 2.05. The number of hydrogen-bond donors (Lipinski definition) is 1. The average molecular weight is 305 g/mol. The first-order valence-corrected chi connectivity index (χ1v) is 7.57. The van der Waals surface area contributed by atoms with Crippen LogP contribution in [0, 0.1) is 4.77 Å². The molecule has 1 aromatic heterocycles. The van der Waals surface area contributed by atoms with Crippen LogP contribution in [0.5, 0.6) is 0 Å². The third kappa shape index (κ3) is 4.36. The number of hydrogen-bond acceptors (Lipinski definition) is 3. The second kappa shape index (κ2) is 8.52. The number of H-pyrrole nitrogens is 1. The molecule has 0 aromatic carbocycles. The Morgan fingerprint density at radius 1 is 1.38 bits per heavy atom. The first-order valence-electron chi connectivity index (χ1n) is 7.17. The van der Waals surface area contributed by atoms with Gasteiger partial charge in [-0.2, -0.15) is 0 Å². The molecule has 21 heavy (non-hydrogen) atoms. The Hall–Kier alpha value is -1.75. The lowest BCUT2D eigenvalue weighted by Crippen LogP contribution is -2.47. The van der Waals surface area contributed by atoms with Crippen molar-refractivity contribution in [1.82, 2.24) is 9.55 Å². The topological polar surface area (TPSA) is 50.1 Å². The van der Waals surface area contributed by atoms with E-state index in [1.165, 1.54) is 0 Å². The highest BCUT2D eigenvalue weighted by atomic mass is 32.1. The summed E-state index contributed by atoms with van der Waals surface area (Å²) in [6, 6.07) is 0. The van der Waals surface area contributed by atoms with Crippen molar-refractivity contribution in [2.45, 2.75) is 40.2 Å². The van der Waals surface area contributed by atoms with Crippen molar-refractivity contribution in [2.75, 3.05) is 7.05 Å². The van der Waals surface area contributed by atoms with E-state index in [0.717, 1.165) is 17.5 Å². The minimum absolute atomic E-state index is 0.0516. The number of nitrogens with one attached hydrogen (secondary N) is 1. The molecular weight excluding hydrogens is 282 g/mol. The summed E-state index contributed by atoms with van der Waals surface area (Å²) in [5.41, 5.74) is 0.913. The summed E-state index contributed by atoms with van der Waals surface area (Å²) in [4.78, 5) is 19.8. The van der Waals surface area contributed by atoms with Crippen LogP contribution in [0.4, 0.5) is 0 Å². The molecule has 5 heteroatoms. The van der Waals surface area contributed by atoms with Gasteiger partial charge in [0.2, 0.25) is 0 Å². The molecule has 1 heterocycles. The number of aromatic amines is 1. The fraction of sp³-hybridized carbons (Fsp3) is 0.438. The maximum absolute atomic E-state index is 12.5. The highest BCUT2D eigenvalue weighted by Gasteiger charge is 2.03. The smallest absolute Gasteiger partial charge is 0.261 e. The van der Waals surface area contributed by atoms with E-state index in [2.05, 4.69) is 23.0 Å². The predicted molar refractivity (Wildman–Crippen MR) is 92.8 cm³/mol. The van der Waals surface area contributed by atoms with E-state index in [4.69, 9.17) is 12.2 Å². The Balaban J connectivity index is 3.21. The maximum Gasteiger partial charge on any atom is 0.261 e. The van der Waals surface area contributed by atoms with E-state index in [1.54, 1.807) is 11.6 Å². The minimum atomic E-state index is -0.0516. The number of aliphatic imine (C=N–C) groups is 1. The van der Waals surface area contributed by atoms with Crippen molar-refractivity contribution in [3.63, 3.8) is 0 Å². The predicted octanol–water partition coefficient (Wildman–Crippen LogP) is 1.93. The molecule has 0 amide bonds. The zero-order chi connectivity index (χ0) is 15.8. The summed E-state index contributed by atoms with van der Waals surface area (Å²) in [5.74, 6) is 0. The van der Waals surface area contributed by atoms with E-state index in [9.17, 15) is 4.79 Å². The minimum Gasteiger partial charge on any atom is -0.332 e. The molecule has 0 aliphatic heterocycles. The molecular formula is C16H23N3OS. The van der Waals surface area contributed by atoms with Crippen molar-refractivity contribution in [2.24, 2.45) is 4.99 Å². The van der Waals surface area contributed by atoms with E-state index in [0.29, 0.717) is 23.0 Å². The van der Waals surface area contributed by atoms with Crippen LogP contribution >= 0.6 is 12.2 Å². The molecule has 0 spiro atoms. The second-order valence-electron chi connectivity index (χ2n) is 4.57. The normalized spacial score (nSPS) is 14.4. The quantitative estimate of drug-likeness (QED) is 0.667. The number of allylic oxidation sites excluding steroid dienone is 2. The molecule has 1 rings (SSSR count). The van der Waals surface area contributed by atoms with Crippen molar-refractivity contribution in [1.29, 1.82) is 0 Å². The maximum atomic E-state index is 12.5. The van der Waals surface area contributed by atoms with Gasteiger partial charge in [0, 0.05) is 31.1 Å². The van der Waals surface area contributed by atoms with Gasteiger partial charge in [0.25, 0.3) is 5.56 Å². The van der Waals surface area contributed by atoms with Crippen LogP contribution < -0.4 is 16.1 Å². The highest BCUT2D eigenvalue weighted by molar-refractivity contribution is 7.71. The van der Waals surface area contributed by atoms with Gasteiger partial charge in [-0.25, -0.2) is 0 Å². The molecule has 1 aromatic rings. The van der Waals surface area contributed by atoms with Crippen molar-refractivity contribution in [3.8, 4) is 0 Å². The molecule has 1 N–H and O–H groups in total. The lowest BCUT2D eigenvalue weighted by molar-refractivity contribution is 0.656. The molecule has 0 bridgehead atoms. The summed E-state index contributed by atoms with van der Waals surface area (Å²) in [5, 5.41) is 1.43. The third-order valence-electron chi connectivity index (χ3n) is 3.25. The number of nitrogens with zero attached hydrogens (tertiary/aromatic N) is 2. The lowest BCUT2D eigenvalue weighted by atomic mass is 10.2. The Morgan fingerprint density at radius 2 is 2.10 bits per heavy atom. The summed E-state index contributed by atoms with van der Waals surface area (Å²) in [7, 11) is 1.76. The number of aromatic nitrogens is 2. The van der Waals surface area contributed by atoms with Crippen LogP contribution in [0.15, 0.2) is 21.9 Å². The van der Waals surface area contributed by atoms with Gasteiger partial charge in [0.15, 0.2) is 4.77 Å². The molecule has 0 aliphatic carbocycles. The SMILES string of the molecule is C/C=c1/[nH]c(=S)n(CCC(/C=C\CC)=NC)c(=O)/c1=C/C. The third-order valence-corrected chi connectivity index (χ3v) is 3.58. The van der Waals surface area contributed by atoms with Gasteiger partial charge in [0.1, 0.15) is 0 Å². The zero-order valence-electron chi connectivity index (χ0n) is 13.1. The monoisotopic (exact) mass is 305 g/mol. The van der Waals surface area contributed by atoms with Crippen molar-refractivity contribution < 1.29 is 0 Å². The van der Waals surface area contributed by atoms with Crippen molar-refractivity contribution >= 4 is 30.1 Å². The van der Waals surface area contributed by atoms with Crippen molar-refractivity contribution in [3.05, 3.63) is 37.8 Å². The second-order valence-corrected chi connectivity index (χ2v) is 4.95. The van der Waals surface area contributed by atoms with Gasteiger partial charge in [-0.1, -0.05) is 25.2 Å². The fourth-order valence-corrected chi connectivity index (χ4v) is 2.35. The van der Waals surface area contributed by atoms with Gasteiger partial charge in [-0.05, 0) is 38.6 Å². The van der Waals surface area contributed by atoms with Gasteiger partial charge in [0.05, 0.1) is 5.22 Å². The lowest BCUT2D eigenvalue weighted by Gasteiger charge is -2.06. The van der Waals surface area contributed by atoms with E-state index in [1.807, 2.05) is 32.1 Å². The largest absolute Gasteiger partial charge is 0.332 e. The van der Waals surface area contributed by atoms with Crippen LogP contribution in [0.3, 0.4) is 0 Å². The van der Waals surface area contributed by atoms with Crippen LogP contribution in [-0.4, -0.2) is 22.3 Å². The standard InChI is InChI=1S/C16H23N3OS/c1-5-8-9-12(17-4)10-11-19-15(20)13(6-2)14(7-3)18-16(19)21/h6-9H,5,10-11H2,1-4H3,(H,18,21)/b9-8-,13-6+,14-7+,17-12?. The molecule has 0 aliphatic rings. The molecule has 0 saturated carbocycles. The summed E-state index contributed by atoms with van der Waals surface area (Å²) >= 11 is 5.29. The first kappa shape index (κ1) is 17.3. The Bertz CT molecular complexity index is 766. The summed E-state index contributed by atoms with van der Waals surface area (Å²) in [6.07, 6.45) is 9.38. The Morgan fingerprint density at radius 3 is 2.62 bits per heavy atom. The zero-order valence-corrected chi connectivity index (χ0v) is 14.0. The van der Waals surface area contributed by atoms with Gasteiger partial charge in [-0.3, -0.25) is 14.4 Å². The van der Waals surface area contributed by atoms with Crippen LogP contribution in [-0.2, 0) is 6.54 Å². The summed E-state index contributed by atoms with van der Waals surface area (Å²) in [6.45, 7) is 6.34. The van der Waals surface area contributed by atoms with E-state index in [-0.39, 0.29) is 5.56 Å². The van der Waals surface area contributed by atoms with Crippen LogP contribution in [0.1, 0.15) is 33.6 Å². The molecule has 0 radical (unpaired) electrons. The first-order chi connectivity index (χ1) is 10.1.